The van der Waals surface area contributed by atoms with Crippen molar-refractivity contribution >= 4 is 0 Å². The van der Waals surface area contributed by atoms with Crippen LogP contribution in [0.2, 0.25) is 0 Å². The third kappa shape index (κ3) is 9.88. The van der Waals surface area contributed by atoms with E-state index in [0.29, 0.717) is 6.54 Å². The fourth-order valence-electron chi connectivity index (χ4n) is 1.27. The molecule has 0 amide bonds. The van der Waals surface area contributed by atoms with Gasteiger partial charge < -0.3 is 5.21 Å². The van der Waals surface area contributed by atoms with Crippen LogP contribution in [-0.4, -0.2) is 45.5 Å². The summed E-state index contributed by atoms with van der Waals surface area (Å²) in [5, 5.41) is 27.6. The molecule has 0 rings (SSSR count). The van der Waals surface area contributed by atoms with E-state index < -0.39 is 0 Å². The highest BCUT2D eigenvalue weighted by Crippen LogP contribution is 2.01. The summed E-state index contributed by atoms with van der Waals surface area (Å²) in [5.74, 6) is 0. The Kier molecular flexibility index (Phi) is 9.23. The maximum Gasteiger partial charge on any atom is 0.0512 e. The zero-order chi connectivity index (χ0) is 10.8. The Hall–Kier alpha value is -0.200. The van der Waals surface area contributed by atoms with Crippen LogP contribution in [0.4, 0.5) is 0 Å². The number of hydroxylamine groups is 4. The fourth-order valence-corrected chi connectivity index (χ4v) is 1.27. The molecule has 0 aliphatic heterocycles. The molecule has 0 aromatic rings. The molecular weight excluding hydrogens is 184 g/mol. The minimum atomic E-state index is 0.218. The minimum Gasteiger partial charge on any atom is -0.314 e. The van der Waals surface area contributed by atoms with Crippen molar-refractivity contribution in [2.24, 2.45) is 0 Å². The fraction of sp³-hybridized carbons (Fsp3) is 1.00. The van der Waals surface area contributed by atoms with Crippen LogP contribution in [0.3, 0.4) is 0 Å². The van der Waals surface area contributed by atoms with Gasteiger partial charge in [0.25, 0.3) is 0 Å². The van der Waals surface area contributed by atoms with Gasteiger partial charge in [0, 0.05) is 13.1 Å². The molecule has 5 heteroatoms. The summed E-state index contributed by atoms with van der Waals surface area (Å²) >= 11 is 0. The highest BCUT2D eigenvalue weighted by molar-refractivity contribution is 4.47. The van der Waals surface area contributed by atoms with Crippen molar-refractivity contribution in [1.82, 2.24) is 10.3 Å². The van der Waals surface area contributed by atoms with Gasteiger partial charge in [0.1, 0.15) is 0 Å². The number of nitrogens with zero attached hydrogens (tertiary/aromatic N) is 2. The Morgan fingerprint density at radius 2 is 1.36 bits per heavy atom. The second-order valence-electron chi connectivity index (χ2n) is 3.46. The van der Waals surface area contributed by atoms with Gasteiger partial charge in [-0.3, -0.25) is 10.4 Å². The van der Waals surface area contributed by atoms with Gasteiger partial charge in [0.05, 0.1) is 6.54 Å². The molecule has 0 aliphatic carbocycles. The maximum absolute atomic E-state index is 9.24. The topological polar surface area (TPSA) is 67.2 Å². The molecule has 3 N–H and O–H groups in total. The molecule has 0 unspecified atom stereocenters. The third-order valence-electron chi connectivity index (χ3n) is 2.01. The lowest BCUT2D eigenvalue weighted by Crippen LogP contribution is -2.21. The quantitative estimate of drug-likeness (QED) is 0.396. The standard InChI is InChI=1S/C9H22N2O3/c1-2-7-10(12)8-5-3-4-6-9-11(13)14/h12-14H,2-9H2,1H3. The van der Waals surface area contributed by atoms with Crippen molar-refractivity contribution in [1.29, 1.82) is 0 Å². The van der Waals surface area contributed by atoms with Crippen LogP contribution < -0.4 is 0 Å². The average molecular weight is 206 g/mol. The van der Waals surface area contributed by atoms with Crippen LogP contribution in [-0.2, 0) is 0 Å². The molecule has 0 atom stereocenters. The predicted molar refractivity (Wildman–Crippen MR) is 52.4 cm³/mol. The molecule has 0 aromatic heterocycles. The van der Waals surface area contributed by atoms with Gasteiger partial charge in [-0.1, -0.05) is 25.0 Å². The van der Waals surface area contributed by atoms with Crippen LogP contribution >= 0.6 is 0 Å². The number of unbranched alkanes of at least 4 members (excludes halogenated alkanes) is 3. The Balaban J connectivity index is 3.05. The predicted octanol–water partition coefficient (Wildman–Crippen LogP) is 1.73. The van der Waals surface area contributed by atoms with Crippen LogP contribution in [0.5, 0.6) is 0 Å². The number of hydrogen-bond donors (Lipinski definition) is 3. The second-order valence-corrected chi connectivity index (χ2v) is 3.46. The van der Waals surface area contributed by atoms with E-state index in [0.717, 1.165) is 38.6 Å². The SMILES string of the molecule is CCCN(O)CCCCCCN(O)O. The molecule has 0 bridgehead atoms. The lowest BCUT2D eigenvalue weighted by molar-refractivity contribution is -0.306. The summed E-state index contributed by atoms with van der Waals surface area (Å²) in [4.78, 5) is 0. The highest BCUT2D eigenvalue weighted by Gasteiger charge is 1.98. The van der Waals surface area contributed by atoms with Gasteiger partial charge in [-0.25, -0.2) is 0 Å². The molecule has 5 nitrogen and oxygen atoms in total. The van der Waals surface area contributed by atoms with Gasteiger partial charge in [-0.15, -0.1) is 0 Å². The lowest BCUT2D eigenvalue weighted by Gasteiger charge is -2.12. The van der Waals surface area contributed by atoms with Crippen molar-refractivity contribution in [2.75, 3.05) is 19.6 Å². The van der Waals surface area contributed by atoms with Gasteiger partial charge in [0.2, 0.25) is 0 Å². The van der Waals surface area contributed by atoms with E-state index in [1.54, 1.807) is 0 Å². The Morgan fingerprint density at radius 1 is 0.786 bits per heavy atom. The molecule has 0 spiro atoms. The molecule has 14 heavy (non-hydrogen) atoms. The summed E-state index contributed by atoms with van der Waals surface area (Å²) in [6, 6.07) is 0. The first-order valence-electron chi connectivity index (χ1n) is 5.26. The molecule has 0 radical (unpaired) electrons. The molecule has 0 aromatic carbocycles. The second kappa shape index (κ2) is 9.36. The van der Waals surface area contributed by atoms with E-state index >= 15 is 0 Å². The largest absolute Gasteiger partial charge is 0.314 e. The Morgan fingerprint density at radius 3 is 1.86 bits per heavy atom. The summed E-state index contributed by atoms with van der Waals surface area (Å²) in [7, 11) is 0. The van der Waals surface area contributed by atoms with E-state index in [-0.39, 0.29) is 11.8 Å². The number of rotatable bonds is 9. The normalized spacial score (nSPS) is 11.6. The van der Waals surface area contributed by atoms with E-state index in [1.165, 1.54) is 5.06 Å². The zero-order valence-electron chi connectivity index (χ0n) is 8.89. The van der Waals surface area contributed by atoms with Crippen LogP contribution in [0, 0.1) is 0 Å². The van der Waals surface area contributed by atoms with Crippen LogP contribution in [0.1, 0.15) is 39.0 Å². The monoisotopic (exact) mass is 206 g/mol. The van der Waals surface area contributed by atoms with Crippen molar-refractivity contribution in [3.63, 3.8) is 0 Å². The smallest absolute Gasteiger partial charge is 0.0512 e. The van der Waals surface area contributed by atoms with Gasteiger partial charge in [-0.05, 0) is 19.3 Å². The number of hydrogen-bond acceptors (Lipinski definition) is 5. The molecule has 86 valence electrons. The summed E-state index contributed by atoms with van der Waals surface area (Å²) in [6.45, 7) is 3.75. The van der Waals surface area contributed by atoms with Crippen molar-refractivity contribution in [3.05, 3.63) is 0 Å². The molecule has 0 fully saturated rings. The van der Waals surface area contributed by atoms with Crippen molar-refractivity contribution < 1.29 is 15.6 Å². The van der Waals surface area contributed by atoms with Crippen LogP contribution in [0.15, 0.2) is 0 Å². The van der Waals surface area contributed by atoms with Crippen LogP contribution in [0.25, 0.3) is 0 Å². The summed E-state index contributed by atoms with van der Waals surface area (Å²) < 4.78 is 0. The summed E-state index contributed by atoms with van der Waals surface area (Å²) in [5.41, 5.74) is 0. The Bertz CT molecular complexity index is 123. The van der Waals surface area contributed by atoms with E-state index in [2.05, 4.69) is 0 Å². The Labute approximate surface area is 85.4 Å². The van der Waals surface area contributed by atoms with Crippen molar-refractivity contribution in [3.8, 4) is 0 Å². The van der Waals surface area contributed by atoms with E-state index in [1.807, 2.05) is 6.92 Å². The lowest BCUT2D eigenvalue weighted by atomic mass is 10.2. The third-order valence-corrected chi connectivity index (χ3v) is 2.01. The first-order chi connectivity index (χ1) is 6.66. The van der Waals surface area contributed by atoms with Gasteiger partial charge in [-0.2, -0.15) is 5.06 Å². The minimum absolute atomic E-state index is 0.218. The molecule has 0 saturated heterocycles. The first kappa shape index (κ1) is 13.8. The van der Waals surface area contributed by atoms with E-state index in [4.69, 9.17) is 10.4 Å². The zero-order valence-corrected chi connectivity index (χ0v) is 8.89. The van der Waals surface area contributed by atoms with E-state index in [9.17, 15) is 5.21 Å². The average Bonchev–Trinajstić information content (AvgIpc) is 2.11. The van der Waals surface area contributed by atoms with Gasteiger partial charge >= 0.3 is 0 Å². The maximum atomic E-state index is 9.24. The van der Waals surface area contributed by atoms with Gasteiger partial charge in [0.15, 0.2) is 0 Å². The van der Waals surface area contributed by atoms with Crippen molar-refractivity contribution in [2.45, 2.75) is 39.0 Å². The molecule has 0 heterocycles. The summed E-state index contributed by atoms with van der Waals surface area (Å²) in [6.07, 6.45) is 4.65. The highest BCUT2D eigenvalue weighted by atomic mass is 16.8. The molecule has 0 aliphatic rings. The molecule has 0 saturated carbocycles. The molecular formula is C9H22N2O3. The first-order valence-corrected chi connectivity index (χ1v) is 5.26.